The van der Waals surface area contributed by atoms with Crippen LogP contribution in [-0.2, 0) is 0 Å². The minimum atomic E-state index is 0.486. The molecule has 2 rings (SSSR count). The topological polar surface area (TPSA) is 59.6 Å². The average molecular weight is 247 g/mol. The van der Waals surface area contributed by atoms with Gasteiger partial charge in [-0.15, -0.1) is 0 Å². The van der Waals surface area contributed by atoms with E-state index in [1.807, 2.05) is 24.3 Å². The number of rotatable bonds is 5. The molecule has 0 saturated heterocycles. The number of nitrogens with one attached hydrogen (secondary N) is 1. The fourth-order valence-corrected chi connectivity index (χ4v) is 2.01. The lowest BCUT2D eigenvalue weighted by atomic mass is 9.83. The number of hydrogen-bond acceptors (Lipinski definition) is 2. The van der Waals surface area contributed by atoms with Gasteiger partial charge in [0.05, 0.1) is 7.11 Å². The van der Waals surface area contributed by atoms with Crippen LogP contribution in [-0.4, -0.2) is 19.6 Å². The number of aliphatic imine (C=N–C) groups is 1. The zero-order valence-electron chi connectivity index (χ0n) is 10.9. The van der Waals surface area contributed by atoms with Crippen LogP contribution in [0.5, 0.6) is 5.75 Å². The number of methoxy groups -OCH3 is 1. The van der Waals surface area contributed by atoms with E-state index in [-0.39, 0.29) is 0 Å². The zero-order chi connectivity index (χ0) is 12.8. The average Bonchev–Trinajstić information content (AvgIpc) is 2.33. The predicted octanol–water partition coefficient (Wildman–Crippen LogP) is 2.61. The maximum absolute atomic E-state index is 5.83. The van der Waals surface area contributed by atoms with Crippen LogP contribution in [0.1, 0.15) is 25.7 Å². The van der Waals surface area contributed by atoms with Crippen molar-refractivity contribution in [2.45, 2.75) is 25.7 Å². The van der Waals surface area contributed by atoms with Crippen molar-refractivity contribution in [2.24, 2.45) is 16.6 Å². The third-order valence-electron chi connectivity index (χ3n) is 3.41. The Bertz CT molecular complexity index is 396. The Morgan fingerprint density at radius 1 is 1.39 bits per heavy atom. The third kappa shape index (κ3) is 3.65. The summed E-state index contributed by atoms with van der Waals surface area (Å²) in [5, 5.41) is 3.08. The predicted molar refractivity (Wildman–Crippen MR) is 75.1 cm³/mol. The highest BCUT2D eigenvalue weighted by Crippen LogP contribution is 2.29. The Morgan fingerprint density at radius 2 is 2.11 bits per heavy atom. The minimum absolute atomic E-state index is 0.486. The summed E-state index contributed by atoms with van der Waals surface area (Å²) < 4.78 is 5.09. The minimum Gasteiger partial charge on any atom is -0.497 e. The summed E-state index contributed by atoms with van der Waals surface area (Å²) in [5.41, 5.74) is 6.76. The highest BCUT2D eigenvalue weighted by Gasteiger charge is 2.16. The second-order valence-electron chi connectivity index (χ2n) is 4.71. The van der Waals surface area contributed by atoms with E-state index in [0.29, 0.717) is 5.96 Å². The smallest absolute Gasteiger partial charge is 0.193 e. The van der Waals surface area contributed by atoms with E-state index in [0.717, 1.165) is 30.3 Å². The number of guanidine groups is 1. The Labute approximate surface area is 108 Å². The fraction of sp³-hybridized carbons (Fsp3) is 0.500. The maximum atomic E-state index is 5.83. The molecule has 0 aromatic heterocycles. The summed E-state index contributed by atoms with van der Waals surface area (Å²) in [6, 6.07) is 7.63. The highest BCUT2D eigenvalue weighted by molar-refractivity contribution is 5.92. The van der Waals surface area contributed by atoms with Crippen LogP contribution in [0.4, 0.5) is 5.69 Å². The van der Waals surface area contributed by atoms with Crippen molar-refractivity contribution < 1.29 is 4.74 Å². The van der Waals surface area contributed by atoms with Gasteiger partial charge in [-0.1, -0.05) is 19.3 Å². The Morgan fingerprint density at radius 3 is 2.67 bits per heavy atom. The quantitative estimate of drug-likeness (QED) is 0.621. The molecule has 1 aromatic carbocycles. The van der Waals surface area contributed by atoms with E-state index in [2.05, 4.69) is 10.3 Å². The number of benzene rings is 1. The first-order chi connectivity index (χ1) is 8.78. The lowest BCUT2D eigenvalue weighted by Gasteiger charge is -2.24. The van der Waals surface area contributed by atoms with Gasteiger partial charge in [-0.05, 0) is 36.6 Å². The second kappa shape index (κ2) is 6.28. The molecule has 0 radical (unpaired) electrons. The van der Waals surface area contributed by atoms with Crippen molar-refractivity contribution in [1.29, 1.82) is 0 Å². The molecule has 0 unspecified atom stereocenters. The molecule has 0 aliphatic heterocycles. The fourth-order valence-electron chi connectivity index (χ4n) is 2.01. The van der Waals surface area contributed by atoms with Gasteiger partial charge in [-0.25, -0.2) is 0 Å². The van der Waals surface area contributed by atoms with Crippen LogP contribution in [0.2, 0.25) is 0 Å². The molecular weight excluding hydrogens is 226 g/mol. The van der Waals surface area contributed by atoms with E-state index in [1.165, 1.54) is 19.3 Å². The van der Waals surface area contributed by atoms with Crippen molar-refractivity contribution in [3.63, 3.8) is 0 Å². The van der Waals surface area contributed by atoms with Crippen molar-refractivity contribution in [3.8, 4) is 5.75 Å². The van der Waals surface area contributed by atoms with Crippen molar-refractivity contribution in [3.05, 3.63) is 24.3 Å². The van der Waals surface area contributed by atoms with Crippen LogP contribution in [0, 0.1) is 5.92 Å². The summed E-state index contributed by atoms with van der Waals surface area (Å²) in [6.07, 6.45) is 5.27. The molecule has 1 fully saturated rings. The molecule has 1 aliphatic rings. The van der Waals surface area contributed by atoms with Crippen LogP contribution in [0.25, 0.3) is 0 Å². The molecule has 0 spiro atoms. The van der Waals surface area contributed by atoms with Crippen LogP contribution >= 0.6 is 0 Å². The number of nitrogens with two attached hydrogens (primary N) is 1. The molecule has 4 nitrogen and oxygen atoms in total. The summed E-state index contributed by atoms with van der Waals surface area (Å²) in [7, 11) is 1.65. The molecule has 0 heterocycles. The molecule has 1 saturated carbocycles. The lowest BCUT2D eigenvalue weighted by molar-refractivity contribution is 0.300. The summed E-state index contributed by atoms with van der Waals surface area (Å²) in [4.78, 5) is 4.34. The Hall–Kier alpha value is -1.71. The first kappa shape index (κ1) is 12.7. The van der Waals surface area contributed by atoms with Gasteiger partial charge in [-0.2, -0.15) is 0 Å². The maximum Gasteiger partial charge on any atom is 0.193 e. The Kier molecular flexibility index (Phi) is 4.45. The van der Waals surface area contributed by atoms with Gasteiger partial charge < -0.3 is 15.8 Å². The Balaban J connectivity index is 1.77. The molecular formula is C14H21N3O. The van der Waals surface area contributed by atoms with E-state index in [4.69, 9.17) is 10.5 Å². The number of anilines is 1. The monoisotopic (exact) mass is 247 g/mol. The number of nitrogens with zero attached hydrogens (tertiary/aromatic N) is 1. The van der Waals surface area contributed by atoms with E-state index in [9.17, 15) is 0 Å². The standard InChI is InChI=1S/C14H21N3O/c1-18-13-7-5-12(6-8-13)17-14(15)16-10-9-11-3-2-4-11/h5-8,11H,2-4,9-10H2,1H3,(H3,15,16,17). The molecule has 1 aliphatic carbocycles. The van der Waals surface area contributed by atoms with Gasteiger partial charge in [0.15, 0.2) is 5.96 Å². The van der Waals surface area contributed by atoms with Crippen molar-refractivity contribution >= 4 is 11.6 Å². The van der Waals surface area contributed by atoms with Crippen molar-refractivity contribution in [2.75, 3.05) is 19.0 Å². The van der Waals surface area contributed by atoms with Crippen LogP contribution in [0.3, 0.4) is 0 Å². The lowest BCUT2D eigenvalue weighted by Crippen LogP contribution is -2.23. The first-order valence-electron chi connectivity index (χ1n) is 6.49. The molecule has 4 heteroatoms. The number of ether oxygens (including phenoxy) is 1. The summed E-state index contributed by atoms with van der Waals surface area (Å²) >= 11 is 0. The largest absolute Gasteiger partial charge is 0.497 e. The summed E-state index contributed by atoms with van der Waals surface area (Å²) in [6.45, 7) is 0.819. The van der Waals surface area contributed by atoms with Gasteiger partial charge in [0.1, 0.15) is 5.75 Å². The summed E-state index contributed by atoms with van der Waals surface area (Å²) in [5.74, 6) is 2.20. The SMILES string of the molecule is COc1ccc(NC(N)=NCCC2CCC2)cc1. The zero-order valence-corrected chi connectivity index (χ0v) is 10.9. The number of hydrogen-bond donors (Lipinski definition) is 2. The molecule has 18 heavy (non-hydrogen) atoms. The molecule has 98 valence electrons. The third-order valence-corrected chi connectivity index (χ3v) is 3.41. The van der Waals surface area contributed by atoms with Gasteiger partial charge in [0.2, 0.25) is 0 Å². The first-order valence-corrected chi connectivity index (χ1v) is 6.49. The molecule has 3 N–H and O–H groups in total. The van der Waals surface area contributed by atoms with Crippen LogP contribution < -0.4 is 15.8 Å². The van der Waals surface area contributed by atoms with Crippen LogP contribution in [0.15, 0.2) is 29.3 Å². The van der Waals surface area contributed by atoms with Gasteiger partial charge in [0, 0.05) is 12.2 Å². The van der Waals surface area contributed by atoms with E-state index in [1.54, 1.807) is 7.11 Å². The van der Waals surface area contributed by atoms with E-state index < -0.39 is 0 Å². The normalized spacial score (nSPS) is 16.2. The molecule has 0 amide bonds. The van der Waals surface area contributed by atoms with Gasteiger partial charge in [0.25, 0.3) is 0 Å². The second-order valence-corrected chi connectivity index (χ2v) is 4.71. The molecule has 0 atom stereocenters. The highest BCUT2D eigenvalue weighted by atomic mass is 16.5. The van der Waals surface area contributed by atoms with Gasteiger partial charge in [-0.3, -0.25) is 4.99 Å². The van der Waals surface area contributed by atoms with Crippen molar-refractivity contribution in [1.82, 2.24) is 0 Å². The van der Waals surface area contributed by atoms with E-state index >= 15 is 0 Å². The molecule has 0 bridgehead atoms. The molecule has 1 aromatic rings. The van der Waals surface area contributed by atoms with Gasteiger partial charge >= 0.3 is 0 Å².